The van der Waals surface area contributed by atoms with Crippen LogP contribution in [0.15, 0.2) is 35.7 Å². The van der Waals surface area contributed by atoms with Crippen molar-refractivity contribution in [2.75, 3.05) is 7.11 Å². The molecule has 0 atom stereocenters. The molecule has 0 aliphatic heterocycles. The highest BCUT2D eigenvalue weighted by molar-refractivity contribution is 7.12. The molecule has 0 saturated heterocycles. The second kappa shape index (κ2) is 5.01. The Labute approximate surface area is 107 Å². The molecule has 1 aromatic carbocycles. The Morgan fingerprint density at radius 2 is 2.00 bits per heavy atom. The minimum absolute atomic E-state index is 0.0756. The molecule has 0 spiro atoms. The lowest BCUT2D eigenvalue weighted by molar-refractivity contribution is 0.0606. The standard InChI is InChI=1S/C13H10O4S/c1-17-13(16)11-6-8(7-18-11)12(15)9-4-2-3-5-10(9)14/h2-7,14H,1H3. The summed E-state index contributed by atoms with van der Waals surface area (Å²) in [7, 11) is 1.28. The fourth-order valence-electron chi connectivity index (χ4n) is 1.48. The molecule has 5 heteroatoms. The third kappa shape index (κ3) is 2.26. The number of ether oxygens (including phenoxy) is 1. The van der Waals surface area contributed by atoms with Crippen LogP contribution < -0.4 is 0 Å². The molecule has 2 aromatic rings. The highest BCUT2D eigenvalue weighted by atomic mass is 32.1. The van der Waals surface area contributed by atoms with E-state index in [4.69, 9.17) is 0 Å². The van der Waals surface area contributed by atoms with Crippen molar-refractivity contribution in [3.05, 3.63) is 51.7 Å². The van der Waals surface area contributed by atoms with Crippen molar-refractivity contribution in [2.24, 2.45) is 0 Å². The van der Waals surface area contributed by atoms with Crippen molar-refractivity contribution in [3.63, 3.8) is 0 Å². The molecular weight excluding hydrogens is 252 g/mol. The van der Waals surface area contributed by atoms with E-state index in [-0.39, 0.29) is 17.1 Å². The van der Waals surface area contributed by atoms with Gasteiger partial charge >= 0.3 is 5.97 Å². The molecule has 0 aliphatic carbocycles. The molecule has 1 aromatic heterocycles. The number of benzene rings is 1. The number of thiophene rings is 1. The summed E-state index contributed by atoms with van der Waals surface area (Å²) in [6.45, 7) is 0. The normalized spacial score (nSPS) is 10.1. The van der Waals surface area contributed by atoms with Gasteiger partial charge in [0.15, 0.2) is 5.78 Å². The maximum atomic E-state index is 12.1. The Balaban J connectivity index is 2.33. The monoisotopic (exact) mass is 262 g/mol. The fraction of sp³-hybridized carbons (Fsp3) is 0.0769. The summed E-state index contributed by atoms with van der Waals surface area (Å²) in [6.07, 6.45) is 0. The van der Waals surface area contributed by atoms with Gasteiger partial charge in [0.2, 0.25) is 0 Å². The molecule has 0 unspecified atom stereocenters. The van der Waals surface area contributed by atoms with Gasteiger partial charge in [-0.15, -0.1) is 11.3 Å². The average molecular weight is 262 g/mol. The predicted molar refractivity (Wildman–Crippen MR) is 67.2 cm³/mol. The quantitative estimate of drug-likeness (QED) is 0.681. The lowest BCUT2D eigenvalue weighted by Crippen LogP contribution is -2.01. The van der Waals surface area contributed by atoms with Crippen molar-refractivity contribution >= 4 is 23.1 Å². The molecule has 0 radical (unpaired) electrons. The number of hydrogen-bond acceptors (Lipinski definition) is 5. The Kier molecular flexibility index (Phi) is 3.43. The van der Waals surface area contributed by atoms with E-state index < -0.39 is 5.97 Å². The predicted octanol–water partition coefficient (Wildman–Crippen LogP) is 2.47. The van der Waals surface area contributed by atoms with Crippen LogP contribution in [0.4, 0.5) is 0 Å². The first-order valence-electron chi connectivity index (χ1n) is 5.13. The van der Waals surface area contributed by atoms with Crippen LogP contribution in [0.1, 0.15) is 25.6 Å². The number of aromatic hydroxyl groups is 1. The molecule has 1 heterocycles. The number of carbonyl (C=O) groups is 2. The molecule has 18 heavy (non-hydrogen) atoms. The summed E-state index contributed by atoms with van der Waals surface area (Å²) in [5, 5.41) is 11.2. The van der Waals surface area contributed by atoms with Crippen molar-refractivity contribution in [3.8, 4) is 5.75 Å². The maximum absolute atomic E-state index is 12.1. The van der Waals surface area contributed by atoms with Crippen LogP contribution in [-0.4, -0.2) is 24.0 Å². The van der Waals surface area contributed by atoms with E-state index >= 15 is 0 Å². The second-order valence-corrected chi connectivity index (χ2v) is 4.45. The average Bonchev–Trinajstić information content (AvgIpc) is 2.87. The van der Waals surface area contributed by atoms with E-state index in [1.807, 2.05) is 0 Å². The second-order valence-electron chi connectivity index (χ2n) is 3.54. The van der Waals surface area contributed by atoms with E-state index in [0.29, 0.717) is 10.4 Å². The van der Waals surface area contributed by atoms with E-state index in [0.717, 1.165) is 11.3 Å². The Bertz CT molecular complexity index is 601. The molecule has 2 rings (SSSR count). The van der Waals surface area contributed by atoms with Gasteiger partial charge in [-0.25, -0.2) is 4.79 Å². The van der Waals surface area contributed by atoms with Gasteiger partial charge < -0.3 is 9.84 Å². The zero-order chi connectivity index (χ0) is 13.1. The van der Waals surface area contributed by atoms with Crippen LogP contribution in [0.3, 0.4) is 0 Å². The van der Waals surface area contributed by atoms with Crippen molar-refractivity contribution in [1.82, 2.24) is 0 Å². The van der Waals surface area contributed by atoms with Gasteiger partial charge in [0.05, 0.1) is 12.7 Å². The van der Waals surface area contributed by atoms with E-state index in [1.165, 1.54) is 25.3 Å². The molecular formula is C13H10O4S. The van der Waals surface area contributed by atoms with Gasteiger partial charge in [-0.2, -0.15) is 0 Å². The molecule has 0 fully saturated rings. The summed E-state index contributed by atoms with van der Waals surface area (Å²) in [5.41, 5.74) is 0.577. The zero-order valence-corrected chi connectivity index (χ0v) is 10.4. The fourth-order valence-corrected chi connectivity index (χ4v) is 2.29. The minimum atomic E-state index is -0.476. The first kappa shape index (κ1) is 12.3. The number of phenols is 1. The van der Waals surface area contributed by atoms with Crippen LogP contribution in [0.5, 0.6) is 5.75 Å². The molecule has 0 saturated carbocycles. The van der Waals surface area contributed by atoms with Crippen molar-refractivity contribution < 1.29 is 19.4 Å². The highest BCUT2D eigenvalue weighted by Gasteiger charge is 2.17. The van der Waals surface area contributed by atoms with Gasteiger partial charge in [0.1, 0.15) is 10.6 Å². The Morgan fingerprint density at radius 1 is 1.28 bits per heavy atom. The van der Waals surface area contributed by atoms with Crippen molar-refractivity contribution in [2.45, 2.75) is 0 Å². The first-order valence-corrected chi connectivity index (χ1v) is 6.01. The summed E-state index contributed by atoms with van der Waals surface area (Å²) in [5.74, 6) is -0.871. The van der Waals surface area contributed by atoms with Gasteiger partial charge in [-0.1, -0.05) is 12.1 Å². The SMILES string of the molecule is COC(=O)c1cc(C(=O)c2ccccc2O)cs1. The highest BCUT2D eigenvalue weighted by Crippen LogP contribution is 2.23. The topological polar surface area (TPSA) is 63.6 Å². The van der Waals surface area contributed by atoms with Crippen LogP contribution in [-0.2, 0) is 4.74 Å². The van der Waals surface area contributed by atoms with E-state index in [1.54, 1.807) is 17.5 Å². The van der Waals surface area contributed by atoms with Gasteiger partial charge in [0.25, 0.3) is 0 Å². The van der Waals surface area contributed by atoms with Crippen LogP contribution in [0, 0.1) is 0 Å². The molecule has 0 amide bonds. The van der Waals surface area contributed by atoms with E-state index in [2.05, 4.69) is 4.74 Å². The molecule has 4 nitrogen and oxygen atoms in total. The van der Waals surface area contributed by atoms with Crippen LogP contribution >= 0.6 is 11.3 Å². The number of carbonyl (C=O) groups excluding carboxylic acids is 2. The van der Waals surface area contributed by atoms with Gasteiger partial charge in [-0.3, -0.25) is 4.79 Å². The third-order valence-corrected chi connectivity index (χ3v) is 3.31. The molecule has 1 N–H and O–H groups in total. The van der Waals surface area contributed by atoms with Gasteiger partial charge in [-0.05, 0) is 18.2 Å². The lowest BCUT2D eigenvalue weighted by Gasteiger charge is -2.00. The third-order valence-electron chi connectivity index (χ3n) is 2.40. The lowest BCUT2D eigenvalue weighted by atomic mass is 10.1. The number of hydrogen-bond donors (Lipinski definition) is 1. The first-order chi connectivity index (χ1) is 8.63. The summed E-state index contributed by atoms with van der Waals surface area (Å²) in [6, 6.07) is 7.75. The number of phenolic OH excluding ortho intramolecular Hbond substituents is 1. The van der Waals surface area contributed by atoms with Crippen LogP contribution in [0.2, 0.25) is 0 Å². The maximum Gasteiger partial charge on any atom is 0.348 e. The Hall–Kier alpha value is -2.14. The Morgan fingerprint density at radius 3 is 2.67 bits per heavy atom. The molecule has 0 aliphatic rings. The number of methoxy groups -OCH3 is 1. The number of ketones is 1. The summed E-state index contributed by atoms with van der Waals surface area (Å²) >= 11 is 1.13. The number of esters is 1. The van der Waals surface area contributed by atoms with Crippen molar-refractivity contribution in [1.29, 1.82) is 0 Å². The number of rotatable bonds is 3. The zero-order valence-electron chi connectivity index (χ0n) is 9.54. The molecule has 0 bridgehead atoms. The molecule has 92 valence electrons. The number of para-hydroxylation sites is 1. The van der Waals surface area contributed by atoms with Gasteiger partial charge in [0, 0.05) is 10.9 Å². The largest absolute Gasteiger partial charge is 0.507 e. The minimum Gasteiger partial charge on any atom is -0.507 e. The van der Waals surface area contributed by atoms with E-state index in [9.17, 15) is 14.7 Å². The van der Waals surface area contributed by atoms with Crippen LogP contribution in [0.25, 0.3) is 0 Å². The smallest absolute Gasteiger partial charge is 0.348 e. The summed E-state index contributed by atoms with van der Waals surface area (Å²) in [4.78, 5) is 23.7. The summed E-state index contributed by atoms with van der Waals surface area (Å²) < 4.78 is 4.57.